The number of methoxy groups -OCH3 is 1. The van der Waals surface area contributed by atoms with Gasteiger partial charge in [0.2, 0.25) is 12.2 Å². The summed E-state index contributed by atoms with van der Waals surface area (Å²) in [6.45, 7) is 0. The van der Waals surface area contributed by atoms with Crippen LogP contribution >= 0.6 is 0 Å². The Morgan fingerprint density at radius 3 is 2.72 bits per heavy atom. The van der Waals surface area contributed by atoms with Crippen LogP contribution in [0.2, 0.25) is 0 Å². The van der Waals surface area contributed by atoms with Gasteiger partial charge in [0.15, 0.2) is 6.33 Å². The number of aromatic nitrogens is 4. The zero-order valence-electron chi connectivity index (χ0n) is 9.82. The van der Waals surface area contributed by atoms with Gasteiger partial charge in [0.25, 0.3) is 5.65 Å². The smallest absolute Gasteiger partial charge is 0.285 e. The summed E-state index contributed by atoms with van der Waals surface area (Å²) in [6, 6.07) is 9.91. The number of hydrogen-bond acceptors (Lipinski definition) is 4. The van der Waals surface area contributed by atoms with Gasteiger partial charge in [-0.2, -0.15) is 9.55 Å². The molecule has 0 aliphatic carbocycles. The Morgan fingerprint density at radius 1 is 1.11 bits per heavy atom. The lowest BCUT2D eigenvalue weighted by Crippen LogP contribution is -2.32. The normalized spacial score (nSPS) is 10.5. The topological polar surface area (TPSA) is 51.8 Å². The summed E-state index contributed by atoms with van der Waals surface area (Å²) in [5, 5.41) is 0.784. The molecule has 0 aliphatic rings. The second-order valence-corrected chi connectivity index (χ2v) is 3.72. The van der Waals surface area contributed by atoms with Crippen LogP contribution in [0.3, 0.4) is 0 Å². The Kier molecular flexibility index (Phi) is 2.57. The van der Waals surface area contributed by atoms with Crippen molar-refractivity contribution < 1.29 is 9.30 Å². The third-order valence-electron chi connectivity index (χ3n) is 2.67. The van der Waals surface area contributed by atoms with E-state index < -0.39 is 0 Å². The number of nitrogens with zero attached hydrogens (tertiary/aromatic N) is 4. The fraction of sp³-hybridized carbons (Fsp3) is 0.0769. The number of fused-ring (bicyclic) bond motifs is 1. The number of hydrogen-bond donors (Lipinski definition) is 0. The van der Waals surface area contributed by atoms with Crippen LogP contribution in [0, 0.1) is 0 Å². The van der Waals surface area contributed by atoms with E-state index in [9.17, 15) is 0 Å². The van der Waals surface area contributed by atoms with Crippen LogP contribution in [-0.2, 0) is 0 Å². The lowest BCUT2D eigenvalue weighted by Gasteiger charge is -2.03. The van der Waals surface area contributed by atoms with E-state index in [1.807, 2.05) is 34.9 Å². The van der Waals surface area contributed by atoms with E-state index in [1.165, 1.54) is 6.33 Å². The van der Waals surface area contributed by atoms with Crippen LogP contribution in [0.25, 0.3) is 16.7 Å². The lowest BCUT2D eigenvalue weighted by molar-refractivity contribution is -0.572. The minimum atomic E-state index is 0.526. The molecule has 0 unspecified atom stereocenters. The molecule has 0 spiro atoms. The quantitative estimate of drug-likeness (QED) is 0.633. The molecule has 0 amide bonds. The van der Waals surface area contributed by atoms with E-state index in [1.54, 1.807) is 19.6 Å². The van der Waals surface area contributed by atoms with Gasteiger partial charge in [-0.25, -0.2) is 0 Å². The molecule has 1 aromatic carbocycles. The van der Waals surface area contributed by atoms with Crippen LogP contribution in [0.5, 0.6) is 5.88 Å². The van der Waals surface area contributed by atoms with E-state index >= 15 is 0 Å². The third kappa shape index (κ3) is 1.66. The Hall–Kier alpha value is -2.56. The van der Waals surface area contributed by atoms with E-state index in [2.05, 4.69) is 15.0 Å². The molecule has 3 rings (SSSR count). The van der Waals surface area contributed by atoms with E-state index in [0.717, 1.165) is 16.7 Å². The standard InChI is InChI=1S/C13H11N4O/c1-18-13-11-7-14-9-17(12(11)15-8-16-13)10-5-3-2-4-6-10/h2-9H,1H3/q+1. The van der Waals surface area contributed by atoms with Crippen LogP contribution in [-0.4, -0.2) is 22.1 Å². The maximum Gasteiger partial charge on any atom is 0.285 e. The maximum absolute atomic E-state index is 5.21. The Balaban J connectivity index is 2.32. The Labute approximate surface area is 104 Å². The Bertz CT molecular complexity index is 685. The molecule has 2 aromatic heterocycles. The minimum absolute atomic E-state index is 0.526. The number of para-hydroxylation sites is 1. The van der Waals surface area contributed by atoms with Gasteiger partial charge in [-0.1, -0.05) is 23.2 Å². The van der Waals surface area contributed by atoms with Gasteiger partial charge in [-0.3, -0.25) is 0 Å². The number of rotatable bonds is 2. The molecule has 0 radical (unpaired) electrons. The van der Waals surface area contributed by atoms with E-state index in [-0.39, 0.29) is 0 Å². The average molecular weight is 239 g/mol. The second kappa shape index (κ2) is 4.37. The van der Waals surface area contributed by atoms with Gasteiger partial charge < -0.3 is 4.74 Å². The van der Waals surface area contributed by atoms with Crippen LogP contribution < -0.4 is 9.30 Å². The molecule has 3 aromatic rings. The van der Waals surface area contributed by atoms with Crippen molar-refractivity contribution in [3.63, 3.8) is 0 Å². The monoisotopic (exact) mass is 239 g/mol. The highest BCUT2D eigenvalue weighted by atomic mass is 16.5. The van der Waals surface area contributed by atoms with Crippen LogP contribution in [0.1, 0.15) is 0 Å². The van der Waals surface area contributed by atoms with Gasteiger partial charge in [-0.15, -0.1) is 4.98 Å². The van der Waals surface area contributed by atoms with Crippen molar-refractivity contribution in [1.82, 2.24) is 15.0 Å². The first-order valence-electron chi connectivity index (χ1n) is 5.50. The molecular formula is C13H11N4O+. The summed E-state index contributed by atoms with van der Waals surface area (Å²) in [4.78, 5) is 12.6. The first kappa shape index (κ1) is 10.6. The summed E-state index contributed by atoms with van der Waals surface area (Å²) in [7, 11) is 1.58. The van der Waals surface area contributed by atoms with E-state index in [4.69, 9.17) is 4.74 Å². The van der Waals surface area contributed by atoms with E-state index in [0.29, 0.717) is 5.88 Å². The summed E-state index contributed by atoms with van der Waals surface area (Å²) >= 11 is 0. The summed E-state index contributed by atoms with van der Waals surface area (Å²) < 4.78 is 7.12. The van der Waals surface area contributed by atoms with Gasteiger partial charge >= 0.3 is 0 Å². The van der Waals surface area contributed by atoms with Crippen molar-refractivity contribution in [1.29, 1.82) is 0 Å². The number of benzene rings is 1. The molecule has 0 saturated heterocycles. The maximum atomic E-state index is 5.21. The number of ether oxygens (including phenoxy) is 1. The molecule has 18 heavy (non-hydrogen) atoms. The van der Waals surface area contributed by atoms with Crippen molar-refractivity contribution >= 4 is 11.0 Å². The fourth-order valence-corrected chi connectivity index (χ4v) is 1.85. The zero-order valence-corrected chi connectivity index (χ0v) is 9.82. The molecule has 0 saturated carbocycles. The van der Waals surface area contributed by atoms with Crippen molar-refractivity contribution in [2.24, 2.45) is 0 Å². The lowest BCUT2D eigenvalue weighted by atomic mass is 10.3. The SMILES string of the molecule is COc1ncnc2c1cnc[n+]2-c1ccccc1. The summed E-state index contributed by atoms with van der Waals surface area (Å²) in [5.74, 6) is 0.526. The van der Waals surface area contributed by atoms with Crippen molar-refractivity contribution in [3.05, 3.63) is 49.2 Å². The summed E-state index contributed by atoms with van der Waals surface area (Å²) in [5.41, 5.74) is 1.76. The van der Waals surface area contributed by atoms with Gasteiger partial charge in [0, 0.05) is 0 Å². The molecule has 5 nitrogen and oxygen atoms in total. The molecule has 0 fully saturated rings. The second-order valence-electron chi connectivity index (χ2n) is 3.72. The molecule has 5 heteroatoms. The minimum Gasteiger partial charge on any atom is -0.480 e. The highest BCUT2D eigenvalue weighted by molar-refractivity contribution is 5.76. The van der Waals surface area contributed by atoms with Crippen molar-refractivity contribution in [2.75, 3.05) is 7.11 Å². The highest BCUT2D eigenvalue weighted by Crippen LogP contribution is 2.17. The predicted molar refractivity (Wildman–Crippen MR) is 65.4 cm³/mol. The molecule has 2 heterocycles. The fourth-order valence-electron chi connectivity index (χ4n) is 1.85. The molecule has 0 atom stereocenters. The van der Waals surface area contributed by atoms with Crippen molar-refractivity contribution in [3.8, 4) is 11.6 Å². The van der Waals surface area contributed by atoms with Crippen molar-refractivity contribution in [2.45, 2.75) is 0 Å². The van der Waals surface area contributed by atoms with Crippen LogP contribution in [0.15, 0.2) is 49.2 Å². The average Bonchev–Trinajstić information content (AvgIpc) is 2.47. The van der Waals surface area contributed by atoms with Gasteiger partial charge in [0.05, 0.1) is 7.11 Å². The zero-order chi connectivity index (χ0) is 12.4. The van der Waals surface area contributed by atoms with Crippen LogP contribution in [0.4, 0.5) is 0 Å². The molecule has 88 valence electrons. The van der Waals surface area contributed by atoms with Gasteiger partial charge in [-0.05, 0) is 12.1 Å². The first-order valence-corrected chi connectivity index (χ1v) is 5.50. The summed E-state index contributed by atoms with van der Waals surface area (Å²) in [6.07, 6.45) is 4.92. The first-order chi connectivity index (χ1) is 8.90. The highest BCUT2D eigenvalue weighted by Gasteiger charge is 2.14. The Morgan fingerprint density at radius 2 is 1.94 bits per heavy atom. The molecular weight excluding hydrogens is 228 g/mol. The predicted octanol–water partition coefficient (Wildman–Crippen LogP) is 1.31. The molecule has 0 aliphatic heterocycles. The molecule has 0 N–H and O–H groups in total. The third-order valence-corrected chi connectivity index (χ3v) is 2.67. The largest absolute Gasteiger partial charge is 0.480 e. The molecule has 0 bridgehead atoms. The van der Waals surface area contributed by atoms with Gasteiger partial charge in [0.1, 0.15) is 17.3 Å².